The van der Waals surface area contributed by atoms with Gasteiger partial charge in [-0.2, -0.15) is 0 Å². The number of aromatic nitrogens is 1. The molecule has 0 unspecified atom stereocenters. The van der Waals surface area contributed by atoms with Gasteiger partial charge in [-0.05, 0) is 17.7 Å². The number of hydrogen-bond acceptors (Lipinski definition) is 5. The molecule has 5 nitrogen and oxygen atoms in total. The predicted octanol–water partition coefficient (Wildman–Crippen LogP) is 2.14. The summed E-state index contributed by atoms with van der Waals surface area (Å²) in [5.41, 5.74) is 0.870. The summed E-state index contributed by atoms with van der Waals surface area (Å²) in [6.45, 7) is 0.0233. The van der Waals surface area contributed by atoms with Gasteiger partial charge in [0.1, 0.15) is 12.1 Å². The van der Waals surface area contributed by atoms with Crippen molar-refractivity contribution < 1.29 is 23.2 Å². The molecule has 0 spiro atoms. The Balaban J connectivity index is 1.70. The summed E-state index contributed by atoms with van der Waals surface area (Å²) >= 11 is 0. The summed E-state index contributed by atoms with van der Waals surface area (Å²) in [7, 11) is 0. The van der Waals surface area contributed by atoms with E-state index >= 15 is 0 Å². The molecule has 2 aromatic rings. The predicted molar refractivity (Wildman–Crippen MR) is 58.0 cm³/mol. The number of hydrogen-bond donors (Lipinski definition) is 0. The Morgan fingerprint density at radius 3 is 2.72 bits per heavy atom. The molecule has 6 heteroatoms. The van der Waals surface area contributed by atoms with Gasteiger partial charge < -0.3 is 14.0 Å². The Labute approximate surface area is 102 Å². The molecule has 0 N–H and O–H groups in total. The first-order valence-corrected chi connectivity index (χ1v) is 5.15. The first-order valence-electron chi connectivity index (χ1n) is 5.15. The molecule has 0 atom stereocenters. The molecule has 0 amide bonds. The maximum atomic E-state index is 12.6. The lowest BCUT2D eigenvalue weighted by molar-refractivity contribution is -0.0387. The molecule has 0 bridgehead atoms. The summed E-state index contributed by atoms with van der Waals surface area (Å²) in [5.74, 6) is -0.931. The molecular formula is C12H10FNO4. The largest absolute Gasteiger partial charge is 0.434 e. The zero-order chi connectivity index (χ0) is 12.8. The smallest absolute Gasteiger partial charge is 0.362 e. The van der Waals surface area contributed by atoms with E-state index in [9.17, 15) is 9.18 Å². The van der Waals surface area contributed by atoms with Crippen molar-refractivity contribution in [3.8, 4) is 0 Å². The Morgan fingerprint density at radius 1 is 1.28 bits per heavy atom. The highest BCUT2D eigenvalue weighted by atomic mass is 19.1. The molecule has 94 valence electrons. The average molecular weight is 251 g/mol. The Bertz CT molecular complexity index is 495. The second-order valence-corrected chi connectivity index (χ2v) is 3.41. The fourth-order valence-electron chi connectivity index (χ4n) is 1.23. The van der Waals surface area contributed by atoms with E-state index in [0.29, 0.717) is 0 Å². The van der Waals surface area contributed by atoms with Gasteiger partial charge in [0.25, 0.3) is 0 Å². The van der Waals surface area contributed by atoms with Gasteiger partial charge in [-0.1, -0.05) is 17.3 Å². The normalized spacial score (nSPS) is 10.3. The minimum Gasteiger partial charge on any atom is -0.434 e. The van der Waals surface area contributed by atoms with Crippen molar-refractivity contribution in [2.24, 2.45) is 0 Å². The Hall–Kier alpha value is -2.21. The van der Waals surface area contributed by atoms with E-state index in [1.165, 1.54) is 24.5 Å². The van der Waals surface area contributed by atoms with Gasteiger partial charge in [-0.25, -0.2) is 9.18 Å². The highest BCUT2D eigenvalue weighted by Crippen LogP contribution is 2.04. The summed E-state index contributed by atoms with van der Waals surface area (Å²) < 4.78 is 27.0. The van der Waals surface area contributed by atoms with E-state index in [1.54, 1.807) is 12.1 Å². The first-order chi connectivity index (χ1) is 8.75. The highest BCUT2D eigenvalue weighted by Gasteiger charge is 2.09. The molecule has 0 saturated carbocycles. The second kappa shape index (κ2) is 5.92. The Morgan fingerprint density at radius 2 is 2.06 bits per heavy atom. The standard InChI is InChI=1S/C12H10FNO4/c13-10-3-1-9(2-4-10)7-16-8-17-12(15)11-5-6-18-14-11/h1-6H,7-8H2. The van der Waals surface area contributed by atoms with Gasteiger partial charge >= 0.3 is 5.97 Å². The fourth-order valence-corrected chi connectivity index (χ4v) is 1.23. The number of rotatable bonds is 5. The maximum absolute atomic E-state index is 12.6. The van der Waals surface area contributed by atoms with E-state index in [1.807, 2.05) is 0 Å². The maximum Gasteiger partial charge on any atom is 0.362 e. The van der Waals surface area contributed by atoms with Crippen molar-refractivity contribution in [1.82, 2.24) is 5.16 Å². The molecule has 0 fully saturated rings. The van der Waals surface area contributed by atoms with Crippen molar-refractivity contribution >= 4 is 5.97 Å². The van der Waals surface area contributed by atoms with Crippen molar-refractivity contribution in [1.29, 1.82) is 0 Å². The van der Waals surface area contributed by atoms with Crippen LogP contribution in [0.25, 0.3) is 0 Å². The van der Waals surface area contributed by atoms with Crippen LogP contribution in [0.5, 0.6) is 0 Å². The lowest BCUT2D eigenvalue weighted by Gasteiger charge is -2.04. The molecule has 1 heterocycles. The van der Waals surface area contributed by atoms with Crippen LogP contribution in [0.15, 0.2) is 41.1 Å². The molecule has 0 radical (unpaired) electrons. The van der Waals surface area contributed by atoms with E-state index in [-0.39, 0.29) is 24.9 Å². The first kappa shape index (κ1) is 12.3. The number of esters is 1. The van der Waals surface area contributed by atoms with Crippen LogP contribution in [0.1, 0.15) is 16.1 Å². The lowest BCUT2D eigenvalue weighted by atomic mass is 10.2. The highest BCUT2D eigenvalue weighted by molar-refractivity contribution is 5.86. The summed E-state index contributed by atoms with van der Waals surface area (Å²) in [6.07, 6.45) is 1.27. The second-order valence-electron chi connectivity index (χ2n) is 3.41. The quantitative estimate of drug-likeness (QED) is 0.463. The van der Waals surface area contributed by atoms with Crippen molar-refractivity contribution in [2.75, 3.05) is 6.79 Å². The lowest BCUT2D eigenvalue weighted by Crippen LogP contribution is -2.09. The summed E-state index contributed by atoms with van der Waals surface area (Å²) in [4.78, 5) is 11.3. The average Bonchev–Trinajstić information content (AvgIpc) is 2.90. The van der Waals surface area contributed by atoms with Gasteiger partial charge in [-0.3, -0.25) is 0 Å². The number of nitrogens with zero attached hydrogens (tertiary/aromatic N) is 1. The van der Waals surface area contributed by atoms with E-state index in [0.717, 1.165) is 5.56 Å². The van der Waals surface area contributed by atoms with E-state index < -0.39 is 5.97 Å². The molecule has 0 saturated heterocycles. The molecule has 1 aromatic heterocycles. The van der Waals surface area contributed by atoms with Gasteiger partial charge in [0.2, 0.25) is 0 Å². The zero-order valence-electron chi connectivity index (χ0n) is 9.34. The van der Waals surface area contributed by atoms with Crippen LogP contribution in [0, 0.1) is 5.82 Å². The summed E-state index contributed by atoms with van der Waals surface area (Å²) in [6, 6.07) is 7.24. The fraction of sp³-hybridized carbons (Fsp3) is 0.167. The van der Waals surface area contributed by atoms with Crippen LogP contribution in [-0.4, -0.2) is 17.9 Å². The van der Waals surface area contributed by atoms with Crippen molar-refractivity contribution in [2.45, 2.75) is 6.61 Å². The van der Waals surface area contributed by atoms with Crippen LogP contribution in [-0.2, 0) is 16.1 Å². The van der Waals surface area contributed by atoms with Crippen LogP contribution in [0.3, 0.4) is 0 Å². The van der Waals surface area contributed by atoms with E-state index in [4.69, 9.17) is 9.47 Å². The van der Waals surface area contributed by atoms with Gasteiger partial charge in [0, 0.05) is 6.07 Å². The van der Waals surface area contributed by atoms with Crippen LogP contribution < -0.4 is 0 Å². The van der Waals surface area contributed by atoms with Crippen LogP contribution >= 0.6 is 0 Å². The third-order valence-electron chi connectivity index (χ3n) is 2.10. The van der Waals surface area contributed by atoms with Crippen molar-refractivity contribution in [3.05, 3.63) is 53.7 Å². The van der Waals surface area contributed by atoms with Gasteiger partial charge in [0.05, 0.1) is 6.61 Å². The molecular weight excluding hydrogens is 241 g/mol. The third kappa shape index (κ3) is 3.39. The molecule has 0 aliphatic carbocycles. The Kier molecular flexibility index (Phi) is 4.03. The number of benzene rings is 1. The molecule has 1 aromatic carbocycles. The monoisotopic (exact) mass is 251 g/mol. The van der Waals surface area contributed by atoms with Crippen LogP contribution in [0.2, 0.25) is 0 Å². The summed E-state index contributed by atoms with van der Waals surface area (Å²) in [5, 5.41) is 3.42. The molecule has 0 aliphatic heterocycles. The van der Waals surface area contributed by atoms with E-state index in [2.05, 4.69) is 9.68 Å². The minimum atomic E-state index is -0.622. The third-order valence-corrected chi connectivity index (χ3v) is 2.10. The van der Waals surface area contributed by atoms with Gasteiger partial charge in [0.15, 0.2) is 12.5 Å². The molecule has 18 heavy (non-hydrogen) atoms. The molecule has 2 rings (SSSR count). The van der Waals surface area contributed by atoms with Gasteiger partial charge in [-0.15, -0.1) is 0 Å². The van der Waals surface area contributed by atoms with Crippen molar-refractivity contribution in [3.63, 3.8) is 0 Å². The van der Waals surface area contributed by atoms with Crippen LogP contribution in [0.4, 0.5) is 4.39 Å². The number of carbonyl (C=O) groups excluding carboxylic acids is 1. The topological polar surface area (TPSA) is 61.6 Å². The zero-order valence-corrected chi connectivity index (χ0v) is 9.34. The number of carbonyl (C=O) groups is 1. The minimum absolute atomic E-state index is 0.0837. The SMILES string of the molecule is O=C(OCOCc1ccc(F)cc1)c1ccon1. The molecule has 0 aliphatic rings. The number of ether oxygens (including phenoxy) is 2. The number of halogens is 1.